The molecule has 1 aliphatic carbocycles. The van der Waals surface area contributed by atoms with Crippen LogP contribution in [-0.2, 0) is 0 Å². The molecule has 1 aromatic heterocycles. The Morgan fingerprint density at radius 3 is 2.65 bits per heavy atom. The number of halogens is 2. The monoisotopic (exact) mass is 329 g/mol. The summed E-state index contributed by atoms with van der Waals surface area (Å²) in [5.74, 6) is -0.0483. The molecule has 1 saturated carbocycles. The van der Waals surface area contributed by atoms with E-state index in [0.717, 1.165) is 23.9 Å². The number of benzene rings is 2. The van der Waals surface area contributed by atoms with Crippen molar-refractivity contribution in [3.05, 3.63) is 46.9 Å². The first-order valence-electron chi connectivity index (χ1n) is 7.29. The van der Waals surface area contributed by atoms with Gasteiger partial charge >= 0.3 is 0 Å². The molecular weight excluding hydrogens is 317 g/mol. The van der Waals surface area contributed by atoms with Crippen LogP contribution in [0.4, 0.5) is 10.2 Å². The summed E-state index contributed by atoms with van der Waals surface area (Å²) < 4.78 is 14.2. The fourth-order valence-electron chi connectivity index (χ4n) is 2.84. The van der Waals surface area contributed by atoms with Crippen LogP contribution in [-0.4, -0.2) is 15.3 Å². The van der Waals surface area contributed by atoms with Gasteiger partial charge in [-0.15, -0.1) is 5.10 Å². The molecule has 23 heavy (non-hydrogen) atoms. The Morgan fingerprint density at radius 1 is 1.17 bits per heavy atom. The third-order valence-electron chi connectivity index (χ3n) is 4.15. The number of anilines is 1. The summed E-state index contributed by atoms with van der Waals surface area (Å²) in [5.41, 5.74) is 7.26. The average Bonchev–Trinajstić information content (AvgIpc) is 3.33. The first kappa shape index (κ1) is 14.2. The van der Waals surface area contributed by atoms with Gasteiger partial charge in [0.25, 0.3) is 0 Å². The molecule has 0 unspecified atom stereocenters. The number of hydrogen-bond acceptors (Lipinski definition) is 4. The van der Waals surface area contributed by atoms with Crippen LogP contribution in [0, 0.1) is 5.82 Å². The van der Waals surface area contributed by atoms with E-state index in [9.17, 15) is 9.50 Å². The topological polar surface area (TPSA) is 72.0 Å². The van der Waals surface area contributed by atoms with Gasteiger partial charge in [0.15, 0.2) is 5.82 Å². The number of hydrogen-bond donors (Lipinski definition) is 2. The zero-order valence-electron chi connectivity index (χ0n) is 12.1. The Hall–Kier alpha value is -2.40. The molecule has 0 spiro atoms. The van der Waals surface area contributed by atoms with Gasteiger partial charge in [-0.2, -0.15) is 5.10 Å². The number of aromatic nitrogens is 2. The highest BCUT2D eigenvalue weighted by atomic mass is 35.5. The maximum atomic E-state index is 14.2. The highest BCUT2D eigenvalue weighted by Gasteiger charge is 2.28. The number of nitrogen functional groups attached to an aromatic ring is 1. The molecule has 6 heteroatoms. The molecule has 116 valence electrons. The van der Waals surface area contributed by atoms with Crippen LogP contribution in [0.15, 0.2) is 30.3 Å². The maximum Gasteiger partial charge on any atom is 0.154 e. The number of rotatable bonds is 2. The number of phenols is 1. The Kier molecular flexibility index (Phi) is 3.13. The zero-order valence-corrected chi connectivity index (χ0v) is 12.8. The lowest BCUT2D eigenvalue weighted by Crippen LogP contribution is -2.00. The predicted molar refractivity (Wildman–Crippen MR) is 88.0 cm³/mol. The van der Waals surface area contributed by atoms with Crippen LogP contribution in [0.5, 0.6) is 5.75 Å². The molecule has 0 saturated heterocycles. The van der Waals surface area contributed by atoms with Gasteiger partial charge in [0.2, 0.25) is 0 Å². The van der Waals surface area contributed by atoms with Crippen LogP contribution in [0.1, 0.15) is 24.5 Å². The molecule has 1 aliphatic rings. The lowest BCUT2D eigenvalue weighted by molar-refractivity contribution is 0.472. The van der Waals surface area contributed by atoms with Gasteiger partial charge in [-0.05, 0) is 37.1 Å². The van der Waals surface area contributed by atoms with Crippen molar-refractivity contribution in [1.82, 2.24) is 10.2 Å². The van der Waals surface area contributed by atoms with Crippen LogP contribution < -0.4 is 5.73 Å². The molecule has 0 aliphatic heterocycles. The van der Waals surface area contributed by atoms with Gasteiger partial charge < -0.3 is 10.8 Å². The number of fused-ring (bicyclic) bond motifs is 1. The Morgan fingerprint density at radius 2 is 1.96 bits per heavy atom. The first-order valence-corrected chi connectivity index (χ1v) is 7.67. The molecular formula is C17H13ClFN3O. The van der Waals surface area contributed by atoms with Crippen molar-refractivity contribution in [2.75, 3.05) is 5.73 Å². The van der Waals surface area contributed by atoms with Crippen LogP contribution in [0.2, 0.25) is 5.02 Å². The normalized spacial score (nSPS) is 14.3. The van der Waals surface area contributed by atoms with Gasteiger partial charge in [0.1, 0.15) is 11.6 Å². The van der Waals surface area contributed by atoms with Crippen molar-refractivity contribution in [1.29, 1.82) is 0 Å². The van der Waals surface area contributed by atoms with E-state index in [-0.39, 0.29) is 17.1 Å². The van der Waals surface area contributed by atoms with Gasteiger partial charge in [-0.25, -0.2) is 4.39 Å². The van der Waals surface area contributed by atoms with Crippen molar-refractivity contribution in [3.8, 4) is 16.9 Å². The Labute approximate surface area is 136 Å². The molecule has 0 bridgehead atoms. The molecule has 2 aromatic carbocycles. The molecule has 1 heterocycles. The summed E-state index contributed by atoms with van der Waals surface area (Å²) in [6, 6.07) is 7.57. The average molecular weight is 330 g/mol. The van der Waals surface area contributed by atoms with E-state index in [2.05, 4.69) is 10.2 Å². The zero-order chi connectivity index (χ0) is 16.1. The summed E-state index contributed by atoms with van der Waals surface area (Å²) in [6.45, 7) is 0. The number of aromatic hydroxyl groups is 1. The van der Waals surface area contributed by atoms with E-state index < -0.39 is 5.82 Å². The summed E-state index contributed by atoms with van der Waals surface area (Å²) in [4.78, 5) is 0. The van der Waals surface area contributed by atoms with Crippen molar-refractivity contribution in [2.24, 2.45) is 0 Å². The van der Waals surface area contributed by atoms with Crippen molar-refractivity contribution in [2.45, 2.75) is 18.8 Å². The Bertz CT molecular complexity index is 921. The molecule has 0 amide bonds. The predicted octanol–water partition coefficient (Wildman–Crippen LogP) is 4.25. The fraction of sp³-hybridized carbons (Fsp3) is 0.176. The summed E-state index contributed by atoms with van der Waals surface area (Å²) in [7, 11) is 0. The molecule has 0 radical (unpaired) electrons. The van der Waals surface area contributed by atoms with E-state index in [1.54, 1.807) is 12.1 Å². The molecule has 4 rings (SSSR count). The highest BCUT2D eigenvalue weighted by Crippen LogP contribution is 2.45. The van der Waals surface area contributed by atoms with Crippen LogP contribution >= 0.6 is 11.6 Å². The summed E-state index contributed by atoms with van der Waals surface area (Å²) in [5, 5.41) is 20.0. The second-order valence-electron chi connectivity index (χ2n) is 5.76. The highest BCUT2D eigenvalue weighted by molar-refractivity contribution is 6.34. The standard InChI is InChI=1S/C17H13ClFN3O/c18-12-7-10-9(16(8-4-5-8)21-22-17(10)20)6-11(12)15-13(19)2-1-3-14(15)23/h1-3,6-8,23H,4-5H2,(H2,20,22). The largest absolute Gasteiger partial charge is 0.507 e. The maximum absolute atomic E-state index is 14.2. The van der Waals surface area contributed by atoms with Gasteiger partial charge in [0, 0.05) is 27.3 Å². The van der Waals surface area contributed by atoms with E-state index in [1.807, 2.05) is 0 Å². The van der Waals surface area contributed by atoms with Gasteiger partial charge in [-0.3, -0.25) is 0 Å². The number of nitrogens with two attached hydrogens (primary N) is 1. The minimum absolute atomic E-state index is 0.0801. The Balaban J connectivity index is 2.05. The van der Waals surface area contributed by atoms with E-state index in [0.29, 0.717) is 21.9 Å². The summed E-state index contributed by atoms with van der Waals surface area (Å²) in [6.07, 6.45) is 2.10. The molecule has 3 aromatic rings. The fourth-order valence-corrected chi connectivity index (χ4v) is 3.10. The summed E-state index contributed by atoms with van der Waals surface area (Å²) >= 11 is 6.32. The minimum Gasteiger partial charge on any atom is -0.507 e. The number of nitrogens with zero attached hydrogens (tertiary/aromatic N) is 2. The van der Waals surface area contributed by atoms with Crippen molar-refractivity contribution >= 4 is 28.2 Å². The molecule has 4 nitrogen and oxygen atoms in total. The van der Waals surface area contributed by atoms with Crippen LogP contribution in [0.25, 0.3) is 21.9 Å². The lowest BCUT2D eigenvalue weighted by atomic mass is 9.98. The van der Waals surface area contributed by atoms with E-state index in [1.165, 1.54) is 18.2 Å². The molecule has 1 fully saturated rings. The second-order valence-corrected chi connectivity index (χ2v) is 6.16. The second kappa shape index (κ2) is 5.06. The molecule has 0 atom stereocenters. The van der Waals surface area contributed by atoms with Crippen molar-refractivity contribution < 1.29 is 9.50 Å². The van der Waals surface area contributed by atoms with E-state index in [4.69, 9.17) is 17.3 Å². The third-order valence-corrected chi connectivity index (χ3v) is 4.46. The quantitative estimate of drug-likeness (QED) is 0.737. The van der Waals surface area contributed by atoms with E-state index >= 15 is 0 Å². The van der Waals surface area contributed by atoms with Gasteiger partial charge in [0.05, 0.1) is 11.3 Å². The third kappa shape index (κ3) is 2.28. The van der Waals surface area contributed by atoms with Crippen molar-refractivity contribution in [3.63, 3.8) is 0 Å². The van der Waals surface area contributed by atoms with Crippen LogP contribution in [0.3, 0.4) is 0 Å². The SMILES string of the molecule is Nc1nnc(C2CC2)c2cc(-c3c(O)cccc3F)c(Cl)cc12. The van der Waals surface area contributed by atoms with Gasteiger partial charge in [-0.1, -0.05) is 17.7 Å². The number of phenolic OH excluding ortho intramolecular Hbond substituents is 1. The smallest absolute Gasteiger partial charge is 0.154 e. The lowest BCUT2D eigenvalue weighted by Gasteiger charge is -2.12. The molecule has 3 N–H and O–H groups in total. The minimum atomic E-state index is -0.533. The first-order chi connectivity index (χ1) is 11.1.